The molecule has 1 aliphatic heterocycles. The summed E-state index contributed by atoms with van der Waals surface area (Å²) in [4.78, 5) is 64.3. The van der Waals surface area contributed by atoms with Crippen LogP contribution < -0.4 is 27.0 Å². The van der Waals surface area contributed by atoms with Gasteiger partial charge >= 0.3 is 0 Å². The number of carbonyl (C=O) groups is 5. The zero-order chi connectivity index (χ0) is 31.7. The second kappa shape index (κ2) is 18.3. The highest BCUT2D eigenvalue weighted by atomic mass is 16.3. The van der Waals surface area contributed by atoms with Gasteiger partial charge in [0.15, 0.2) is 0 Å². The van der Waals surface area contributed by atoms with E-state index in [0.29, 0.717) is 56.4 Å². The molecule has 2 atom stereocenters. The van der Waals surface area contributed by atoms with E-state index >= 15 is 0 Å². The van der Waals surface area contributed by atoms with Crippen LogP contribution in [0.5, 0.6) is 0 Å². The van der Waals surface area contributed by atoms with Gasteiger partial charge in [-0.3, -0.25) is 28.9 Å². The van der Waals surface area contributed by atoms with Gasteiger partial charge in [-0.2, -0.15) is 0 Å². The number of nitrogens with one attached hydrogen (secondary N) is 4. The number of amides is 5. The van der Waals surface area contributed by atoms with Gasteiger partial charge in [0.25, 0.3) is 11.8 Å². The first kappa shape index (κ1) is 34.1. The first-order valence-corrected chi connectivity index (χ1v) is 14.9. The fourth-order valence-corrected chi connectivity index (χ4v) is 4.71. The smallest absolute Gasteiger partial charge is 0.253 e. The largest absolute Gasteiger partial charge is 0.392 e. The molecule has 0 unspecified atom stereocenters. The summed E-state index contributed by atoms with van der Waals surface area (Å²) in [6, 6.07) is 14.2. The molecule has 1 heterocycles. The van der Waals surface area contributed by atoms with Gasteiger partial charge in [-0.05, 0) is 55.5 Å². The Hall–Kier alpha value is -4.39. The number of nitrogens with zero attached hydrogens (tertiary/aromatic N) is 1. The molecule has 2 aromatic rings. The fraction of sp³-hybridized carbons (Fsp3) is 0.406. The standard InChI is InChI=1S/C32H42N6O6/c33-22-34-18-7-10-26(31(43)35-25-14-12-24(21-39)13-15-25)37-32(44)27(20-23-8-3-1-4-9-23)36-28(40)11-5-2-6-19-38-29(41)16-17-30(38)42/h1,3-4,8-9,12-17,26-27,34,39H,2,5-7,10-11,18-22,33H2,(H,35,43)(H,36,40)(H,37,44)/t26-,27-/m0/s1. The van der Waals surface area contributed by atoms with Gasteiger partial charge in [-0.1, -0.05) is 48.9 Å². The molecule has 0 saturated carbocycles. The Labute approximate surface area is 257 Å². The summed E-state index contributed by atoms with van der Waals surface area (Å²) < 4.78 is 0. The third kappa shape index (κ3) is 11.4. The Morgan fingerprint density at radius 2 is 1.50 bits per heavy atom. The molecule has 1 aliphatic rings. The summed E-state index contributed by atoms with van der Waals surface area (Å²) >= 11 is 0. The van der Waals surface area contributed by atoms with Crippen molar-refractivity contribution in [2.75, 3.05) is 25.1 Å². The monoisotopic (exact) mass is 606 g/mol. The number of carbonyl (C=O) groups excluding carboxylic acids is 5. The van der Waals surface area contributed by atoms with Gasteiger partial charge in [0.2, 0.25) is 17.7 Å². The lowest BCUT2D eigenvalue weighted by Crippen LogP contribution is -2.53. The van der Waals surface area contributed by atoms with Crippen LogP contribution in [0, 0.1) is 0 Å². The minimum atomic E-state index is -0.919. The number of rotatable bonds is 19. The maximum absolute atomic E-state index is 13.6. The minimum Gasteiger partial charge on any atom is -0.392 e. The molecule has 0 fully saturated rings. The van der Waals surface area contributed by atoms with Crippen LogP contribution in [0.3, 0.4) is 0 Å². The summed E-state index contributed by atoms with van der Waals surface area (Å²) in [6.07, 6.45) is 5.50. The first-order valence-electron chi connectivity index (χ1n) is 14.9. The summed E-state index contributed by atoms with van der Waals surface area (Å²) in [7, 11) is 0. The summed E-state index contributed by atoms with van der Waals surface area (Å²) in [5.41, 5.74) is 7.58. The Morgan fingerprint density at radius 1 is 0.795 bits per heavy atom. The van der Waals surface area contributed by atoms with Crippen LogP contribution in [-0.2, 0) is 37.0 Å². The van der Waals surface area contributed by atoms with E-state index < -0.39 is 23.9 Å². The molecular formula is C32H42N6O6. The van der Waals surface area contributed by atoms with E-state index in [9.17, 15) is 29.1 Å². The number of aliphatic hydroxyl groups is 1. The van der Waals surface area contributed by atoms with E-state index in [1.54, 1.807) is 24.3 Å². The van der Waals surface area contributed by atoms with Crippen molar-refractivity contribution < 1.29 is 29.1 Å². The zero-order valence-corrected chi connectivity index (χ0v) is 24.8. The van der Waals surface area contributed by atoms with Crippen LogP contribution in [-0.4, -0.2) is 71.4 Å². The zero-order valence-electron chi connectivity index (χ0n) is 24.8. The number of benzene rings is 2. The SMILES string of the molecule is NCNCCC[C@H](NC(=O)[C@H](Cc1ccccc1)NC(=O)CCCCCN1C(=O)C=CC1=O)C(=O)Nc1ccc(CO)cc1. The fourth-order valence-electron chi connectivity index (χ4n) is 4.71. The molecule has 0 aliphatic carbocycles. The van der Waals surface area contributed by atoms with Gasteiger partial charge in [0, 0.05) is 43.9 Å². The minimum absolute atomic E-state index is 0.117. The summed E-state index contributed by atoms with van der Waals surface area (Å²) in [5.74, 6) is -1.86. The molecule has 3 rings (SSSR count). The Kier molecular flexibility index (Phi) is 14.2. The molecule has 0 spiro atoms. The molecule has 44 heavy (non-hydrogen) atoms. The van der Waals surface area contributed by atoms with E-state index in [2.05, 4.69) is 21.3 Å². The molecule has 236 valence electrons. The van der Waals surface area contributed by atoms with Gasteiger partial charge in [-0.15, -0.1) is 0 Å². The predicted molar refractivity (Wildman–Crippen MR) is 166 cm³/mol. The molecule has 2 aromatic carbocycles. The number of nitrogens with two attached hydrogens (primary N) is 1. The molecule has 12 heteroatoms. The Bertz CT molecular complexity index is 1270. The number of hydrogen-bond donors (Lipinski definition) is 6. The average Bonchev–Trinajstić information content (AvgIpc) is 3.35. The first-order chi connectivity index (χ1) is 21.3. The van der Waals surface area contributed by atoms with Gasteiger partial charge < -0.3 is 32.1 Å². The van der Waals surface area contributed by atoms with Crippen molar-refractivity contribution in [3.63, 3.8) is 0 Å². The number of imide groups is 1. The number of anilines is 1. The molecule has 7 N–H and O–H groups in total. The lowest BCUT2D eigenvalue weighted by atomic mass is 10.0. The van der Waals surface area contributed by atoms with Crippen LogP contribution in [0.1, 0.15) is 49.7 Å². The van der Waals surface area contributed by atoms with Crippen molar-refractivity contribution in [2.45, 2.75) is 63.6 Å². The second-order valence-electron chi connectivity index (χ2n) is 10.5. The van der Waals surface area contributed by atoms with Crippen LogP contribution >= 0.6 is 0 Å². The van der Waals surface area contributed by atoms with Crippen LogP contribution in [0.25, 0.3) is 0 Å². The predicted octanol–water partition coefficient (Wildman–Crippen LogP) is 1.10. The number of hydrogen-bond acceptors (Lipinski definition) is 8. The normalized spacial score (nSPS) is 13.9. The van der Waals surface area contributed by atoms with Crippen LogP contribution in [0.4, 0.5) is 5.69 Å². The second-order valence-corrected chi connectivity index (χ2v) is 10.5. The van der Waals surface area contributed by atoms with E-state index in [1.165, 1.54) is 17.1 Å². The van der Waals surface area contributed by atoms with Crippen molar-refractivity contribution in [3.8, 4) is 0 Å². The Balaban J connectivity index is 1.61. The van der Waals surface area contributed by atoms with Crippen molar-refractivity contribution in [3.05, 3.63) is 77.9 Å². The third-order valence-corrected chi connectivity index (χ3v) is 7.15. The van der Waals surface area contributed by atoms with Crippen molar-refractivity contribution >= 4 is 35.2 Å². The molecule has 5 amide bonds. The van der Waals surface area contributed by atoms with Crippen molar-refractivity contribution in [1.29, 1.82) is 0 Å². The molecular weight excluding hydrogens is 564 g/mol. The number of aliphatic hydroxyl groups excluding tert-OH is 1. The summed E-state index contributed by atoms with van der Waals surface area (Å²) in [5, 5.41) is 20.8. The maximum atomic E-state index is 13.6. The van der Waals surface area contributed by atoms with Crippen molar-refractivity contribution in [2.24, 2.45) is 5.73 Å². The van der Waals surface area contributed by atoms with Crippen LogP contribution in [0.15, 0.2) is 66.7 Å². The molecule has 0 saturated heterocycles. The van der Waals surface area contributed by atoms with Gasteiger partial charge in [0.1, 0.15) is 12.1 Å². The topological polar surface area (TPSA) is 183 Å². The highest BCUT2D eigenvalue weighted by Crippen LogP contribution is 2.12. The summed E-state index contributed by atoms with van der Waals surface area (Å²) in [6.45, 7) is 1.02. The highest BCUT2D eigenvalue weighted by molar-refractivity contribution is 6.12. The lowest BCUT2D eigenvalue weighted by molar-refractivity contribution is -0.137. The average molecular weight is 607 g/mol. The lowest BCUT2D eigenvalue weighted by Gasteiger charge is -2.24. The quantitative estimate of drug-likeness (QED) is 0.0780. The van der Waals surface area contributed by atoms with E-state index in [0.717, 1.165) is 5.56 Å². The molecule has 0 radical (unpaired) electrons. The Morgan fingerprint density at radius 3 is 2.16 bits per heavy atom. The van der Waals surface area contributed by atoms with Gasteiger partial charge in [0.05, 0.1) is 6.61 Å². The molecule has 0 bridgehead atoms. The van der Waals surface area contributed by atoms with E-state index in [-0.39, 0.29) is 43.8 Å². The third-order valence-electron chi connectivity index (χ3n) is 7.15. The highest BCUT2D eigenvalue weighted by Gasteiger charge is 2.27. The maximum Gasteiger partial charge on any atom is 0.253 e. The van der Waals surface area contributed by atoms with Gasteiger partial charge in [-0.25, -0.2) is 0 Å². The van der Waals surface area contributed by atoms with Crippen molar-refractivity contribution in [1.82, 2.24) is 20.9 Å². The number of unbranched alkanes of at least 4 members (excludes halogenated alkanes) is 2. The molecule has 0 aromatic heterocycles. The molecule has 12 nitrogen and oxygen atoms in total. The van der Waals surface area contributed by atoms with E-state index in [4.69, 9.17) is 5.73 Å². The van der Waals surface area contributed by atoms with E-state index in [1.807, 2.05) is 30.3 Å². The van der Waals surface area contributed by atoms with Crippen LogP contribution in [0.2, 0.25) is 0 Å².